The summed E-state index contributed by atoms with van der Waals surface area (Å²) in [7, 11) is 0. The van der Waals surface area contributed by atoms with Crippen molar-refractivity contribution >= 4 is 28.7 Å². The SMILES string of the molecule is O=C(NCCc1csc(-c2ccccc2)n1)Nc1ccc([N+](=O)[O-])cc1. The molecule has 7 nitrogen and oxygen atoms in total. The molecule has 2 amide bonds. The third-order valence-electron chi connectivity index (χ3n) is 3.58. The lowest BCUT2D eigenvalue weighted by atomic mass is 10.2. The largest absolute Gasteiger partial charge is 0.337 e. The summed E-state index contributed by atoms with van der Waals surface area (Å²) in [4.78, 5) is 26.6. The Kier molecular flexibility index (Phi) is 5.55. The van der Waals surface area contributed by atoms with Crippen LogP contribution in [0.15, 0.2) is 60.0 Å². The van der Waals surface area contributed by atoms with Crippen LogP contribution in [0, 0.1) is 10.1 Å². The summed E-state index contributed by atoms with van der Waals surface area (Å²) < 4.78 is 0. The minimum atomic E-state index is -0.485. The number of amides is 2. The van der Waals surface area contributed by atoms with Crippen LogP contribution in [-0.2, 0) is 6.42 Å². The first kappa shape index (κ1) is 17.6. The van der Waals surface area contributed by atoms with Crippen molar-refractivity contribution < 1.29 is 9.72 Å². The topological polar surface area (TPSA) is 97.2 Å². The van der Waals surface area contributed by atoms with E-state index in [1.54, 1.807) is 11.3 Å². The lowest BCUT2D eigenvalue weighted by Gasteiger charge is -2.06. The van der Waals surface area contributed by atoms with Gasteiger partial charge in [-0.3, -0.25) is 10.1 Å². The van der Waals surface area contributed by atoms with Gasteiger partial charge in [0.25, 0.3) is 5.69 Å². The molecule has 0 fully saturated rings. The number of thiazole rings is 1. The van der Waals surface area contributed by atoms with Gasteiger partial charge in [-0.2, -0.15) is 0 Å². The quantitative estimate of drug-likeness (QED) is 0.506. The molecule has 8 heteroatoms. The van der Waals surface area contributed by atoms with E-state index in [-0.39, 0.29) is 11.7 Å². The first-order chi connectivity index (χ1) is 12.6. The van der Waals surface area contributed by atoms with Crippen molar-refractivity contribution in [2.75, 3.05) is 11.9 Å². The highest BCUT2D eigenvalue weighted by molar-refractivity contribution is 7.13. The maximum absolute atomic E-state index is 11.9. The van der Waals surface area contributed by atoms with Crippen molar-refractivity contribution in [3.63, 3.8) is 0 Å². The Morgan fingerprint density at radius 3 is 2.54 bits per heavy atom. The van der Waals surface area contributed by atoms with Crippen LogP contribution in [0.4, 0.5) is 16.2 Å². The number of nitrogens with one attached hydrogen (secondary N) is 2. The van der Waals surface area contributed by atoms with E-state index in [0.717, 1.165) is 16.3 Å². The number of nitro benzene ring substituents is 1. The van der Waals surface area contributed by atoms with Crippen LogP contribution < -0.4 is 10.6 Å². The minimum absolute atomic E-state index is 0.0197. The number of urea groups is 1. The fourth-order valence-corrected chi connectivity index (χ4v) is 3.14. The molecule has 0 saturated carbocycles. The number of benzene rings is 2. The maximum atomic E-state index is 11.9. The second-order valence-electron chi connectivity index (χ2n) is 5.44. The first-order valence-electron chi connectivity index (χ1n) is 7.91. The Hall–Kier alpha value is -3.26. The van der Waals surface area contributed by atoms with Crippen molar-refractivity contribution in [2.45, 2.75) is 6.42 Å². The highest BCUT2D eigenvalue weighted by Crippen LogP contribution is 2.23. The van der Waals surface area contributed by atoms with Gasteiger partial charge in [-0.05, 0) is 12.1 Å². The lowest BCUT2D eigenvalue weighted by Crippen LogP contribution is -2.30. The van der Waals surface area contributed by atoms with Gasteiger partial charge in [-0.1, -0.05) is 30.3 Å². The van der Waals surface area contributed by atoms with Crippen LogP contribution in [-0.4, -0.2) is 22.5 Å². The van der Waals surface area contributed by atoms with E-state index in [1.807, 2.05) is 35.7 Å². The summed E-state index contributed by atoms with van der Waals surface area (Å²) in [5, 5.41) is 18.9. The van der Waals surface area contributed by atoms with Crippen molar-refractivity contribution in [3.05, 3.63) is 75.8 Å². The zero-order chi connectivity index (χ0) is 18.4. The molecule has 2 aromatic carbocycles. The van der Waals surface area contributed by atoms with Crippen LogP contribution >= 0.6 is 11.3 Å². The summed E-state index contributed by atoms with van der Waals surface area (Å²) in [5.41, 5.74) is 2.47. The molecule has 0 radical (unpaired) electrons. The summed E-state index contributed by atoms with van der Waals surface area (Å²) in [6.07, 6.45) is 0.622. The number of aromatic nitrogens is 1. The molecule has 0 bridgehead atoms. The number of carbonyl (C=O) groups excluding carboxylic acids is 1. The number of non-ortho nitro benzene ring substituents is 1. The Morgan fingerprint density at radius 2 is 1.85 bits per heavy atom. The summed E-state index contributed by atoms with van der Waals surface area (Å²) >= 11 is 1.57. The lowest BCUT2D eigenvalue weighted by molar-refractivity contribution is -0.384. The van der Waals surface area contributed by atoms with E-state index in [9.17, 15) is 14.9 Å². The van der Waals surface area contributed by atoms with E-state index in [2.05, 4.69) is 15.6 Å². The van der Waals surface area contributed by atoms with E-state index in [1.165, 1.54) is 24.3 Å². The highest BCUT2D eigenvalue weighted by Gasteiger charge is 2.07. The molecular weight excluding hydrogens is 352 g/mol. The van der Waals surface area contributed by atoms with Crippen LogP contribution in [0.3, 0.4) is 0 Å². The molecule has 0 unspecified atom stereocenters. The number of nitro groups is 1. The van der Waals surface area contributed by atoms with Crippen molar-refractivity contribution in [2.24, 2.45) is 0 Å². The fraction of sp³-hybridized carbons (Fsp3) is 0.111. The second-order valence-corrected chi connectivity index (χ2v) is 6.30. The monoisotopic (exact) mass is 368 g/mol. The second kappa shape index (κ2) is 8.21. The number of carbonyl (C=O) groups is 1. The molecule has 1 aromatic heterocycles. The number of hydrogen-bond donors (Lipinski definition) is 2. The van der Waals surface area contributed by atoms with Crippen molar-refractivity contribution in [1.82, 2.24) is 10.3 Å². The van der Waals surface area contributed by atoms with Gasteiger partial charge in [0.2, 0.25) is 0 Å². The molecule has 0 atom stereocenters. The van der Waals surface area contributed by atoms with E-state index >= 15 is 0 Å². The van der Waals surface area contributed by atoms with Gasteiger partial charge in [-0.15, -0.1) is 11.3 Å². The van der Waals surface area contributed by atoms with Gasteiger partial charge in [0.15, 0.2) is 0 Å². The number of hydrogen-bond acceptors (Lipinski definition) is 5. The van der Waals surface area contributed by atoms with Gasteiger partial charge in [0, 0.05) is 41.7 Å². The first-order valence-corrected chi connectivity index (χ1v) is 8.79. The Bertz CT molecular complexity index is 894. The average Bonchev–Trinajstić information content (AvgIpc) is 3.12. The number of rotatable bonds is 6. The van der Waals surface area contributed by atoms with Crippen LogP contribution in [0.2, 0.25) is 0 Å². The van der Waals surface area contributed by atoms with Crippen LogP contribution in [0.5, 0.6) is 0 Å². The van der Waals surface area contributed by atoms with Gasteiger partial charge < -0.3 is 10.6 Å². The maximum Gasteiger partial charge on any atom is 0.319 e. The van der Waals surface area contributed by atoms with E-state index < -0.39 is 4.92 Å². The molecule has 0 spiro atoms. The minimum Gasteiger partial charge on any atom is -0.337 e. The van der Waals surface area contributed by atoms with Crippen LogP contribution in [0.1, 0.15) is 5.69 Å². The third-order valence-corrected chi connectivity index (χ3v) is 4.52. The van der Waals surface area contributed by atoms with Crippen molar-refractivity contribution in [1.29, 1.82) is 0 Å². The van der Waals surface area contributed by atoms with Crippen molar-refractivity contribution in [3.8, 4) is 10.6 Å². The molecule has 132 valence electrons. The Morgan fingerprint density at radius 1 is 1.12 bits per heavy atom. The zero-order valence-corrected chi connectivity index (χ0v) is 14.5. The molecule has 3 aromatic rings. The Labute approximate surface area is 153 Å². The molecule has 2 N–H and O–H groups in total. The zero-order valence-electron chi connectivity index (χ0n) is 13.7. The Balaban J connectivity index is 1.46. The van der Waals surface area contributed by atoms with Gasteiger partial charge in [0.05, 0.1) is 10.6 Å². The molecule has 0 aliphatic rings. The molecule has 26 heavy (non-hydrogen) atoms. The van der Waals surface area contributed by atoms with Gasteiger partial charge in [0.1, 0.15) is 5.01 Å². The van der Waals surface area contributed by atoms with Gasteiger partial charge >= 0.3 is 6.03 Å². The third kappa shape index (κ3) is 4.64. The fourth-order valence-electron chi connectivity index (χ4n) is 2.28. The summed E-state index contributed by atoms with van der Waals surface area (Å²) in [5.74, 6) is 0. The standard InChI is InChI=1S/C18H16N4O3S/c23-18(21-14-6-8-16(9-7-14)22(24)25)19-11-10-15-12-26-17(20-15)13-4-2-1-3-5-13/h1-9,12H,10-11H2,(H2,19,21,23). The summed E-state index contributed by atoms with van der Waals surface area (Å²) in [6, 6.07) is 15.2. The van der Waals surface area contributed by atoms with Gasteiger partial charge in [-0.25, -0.2) is 9.78 Å². The molecular formula is C18H16N4O3S. The smallest absolute Gasteiger partial charge is 0.319 e. The van der Waals surface area contributed by atoms with E-state index in [0.29, 0.717) is 18.7 Å². The average molecular weight is 368 g/mol. The molecule has 0 aliphatic heterocycles. The number of nitrogens with zero attached hydrogens (tertiary/aromatic N) is 2. The normalized spacial score (nSPS) is 10.3. The van der Waals surface area contributed by atoms with Crippen LogP contribution in [0.25, 0.3) is 10.6 Å². The number of anilines is 1. The summed E-state index contributed by atoms with van der Waals surface area (Å²) in [6.45, 7) is 0.441. The molecule has 3 rings (SSSR count). The molecule has 1 heterocycles. The van der Waals surface area contributed by atoms with E-state index in [4.69, 9.17) is 0 Å². The predicted molar refractivity (Wildman–Crippen MR) is 101 cm³/mol. The molecule has 0 saturated heterocycles. The predicted octanol–water partition coefficient (Wildman–Crippen LogP) is 4.08. The highest BCUT2D eigenvalue weighted by atomic mass is 32.1. The molecule has 0 aliphatic carbocycles.